The van der Waals surface area contributed by atoms with Crippen molar-refractivity contribution in [2.24, 2.45) is 5.92 Å². The molecule has 3 atom stereocenters. The monoisotopic (exact) mass is 469 g/mol. The molecule has 1 fully saturated rings. The predicted octanol–water partition coefficient (Wildman–Crippen LogP) is 4.68. The molecule has 2 aliphatic rings. The van der Waals surface area contributed by atoms with Gasteiger partial charge in [0.15, 0.2) is 11.5 Å². The third kappa shape index (κ3) is 4.76. The van der Waals surface area contributed by atoms with Gasteiger partial charge in [0.2, 0.25) is 6.79 Å². The first-order chi connectivity index (χ1) is 16.2. The molecule has 34 heavy (non-hydrogen) atoms. The molecule has 2 aromatic carbocycles. The van der Waals surface area contributed by atoms with Gasteiger partial charge in [-0.25, -0.2) is 4.79 Å². The van der Waals surface area contributed by atoms with E-state index in [4.69, 9.17) is 23.7 Å². The first-order valence-corrected chi connectivity index (χ1v) is 11.4. The van der Waals surface area contributed by atoms with Gasteiger partial charge < -0.3 is 23.7 Å². The zero-order chi connectivity index (χ0) is 24.5. The molecule has 8 nitrogen and oxygen atoms in total. The Labute approximate surface area is 199 Å². The minimum absolute atomic E-state index is 0.156. The average Bonchev–Trinajstić information content (AvgIpc) is 3.42. The van der Waals surface area contributed by atoms with Crippen LogP contribution in [-0.4, -0.2) is 49.6 Å². The number of amides is 1. The van der Waals surface area contributed by atoms with Crippen LogP contribution in [0.15, 0.2) is 42.5 Å². The van der Waals surface area contributed by atoms with Crippen LogP contribution in [0.2, 0.25) is 0 Å². The highest BCUT2D eigenvalue weighted by molar-refractivity contribution is 5.79. The summed E-state index contributed by atoms with van der Waals surface area (Å²) in [6.07, 6.45) is -0.481. The SMILES string of the molecule is CCOC(=O)[C@H]1[C@@H](c2ccc3c(c2)OCO3)CN(C(=O)OC(C)(C)C)[C@@H]1c1ccc(OC)cc1. The summed E-state index contributed by atoms with van der Waals surface area (Å²) in [6.45, 7) is 7.92. The summed E-state index contributed by atoms with van der Waals surface area (Å²) >= 11 is 0. The van der Waals surface area contributed by atoms with E-state index in [2.05, 4.69) is 0 Å². The molecular formula is C26H31NO7. The largest absolute Gasteiger partial charge is 0.497 e. The molecule has 8 heteroatoms. The summed E-state index contributed by atoms with van der Waals surface area (Å²) in [4.78, 5) is 28.3. The predicted molar refractivity (Wildman–Crippen MR) is 124 cm³/mol. The summed E-state index contributed by atoms with van der Waals surface area (Å²) in [5.41, 5.74) is 0.984. The molecule has 2 heterocycles. The van der Waals surface area contributed by atoms with Crippen LogP contribution in [0.3, 0.4) is 0 Å². The van der Waals surface area contributed by atoms with E-state index in [1.807, 2.05) is 63.2 Å². The maximum absolute atomic E-state index is 13.3. The van der Waals surface area contributed by atoms with Crippen LogP contribution in [0.5, 0.6) is 17.2 Å². The van der Waals surface area contributed by atoms with Crippen molar-refractivity contribution < 1.29 is 33.3 Å². The van der Waals surface area contributed by atoms with E-state index in [9.17, 15) is 9.59 Å². The molecule has 0 aliphatic carbocycles. The molecule has 4 rings (SSSR count). The number of methoxy groups -OCH3 is 1. The van der Waals surface area contributed by atoms with E-state index < -0.39 is 23.7 Å². The van der Waals surface area contributed by atoms with Gasteiger partial charge in [-0.15, -0.1) is 0 Å². The standard InChI is InChI=1S/C26H31NO7/c1-6-31-24(28)22-19(17-9-12-20-21(13-17)33-15-32-20)14-27(25(29)34-26(2,3)4)23(22)16-7-10-18(30-5)11-8-16/h7-13,19,22-23H,6,14-15H2,1-5H3/t19-,22+,23-/m1/s1. The van der Waals surface area contributed by atoms with Crippen molar-refractivity contribution in [3.63, 3.8) is 0 Å². The van der Waals surface area contributed by atoms with Crippen LogP contribution in [0.1, 0.15) is 50.8 Å². The van der Waals surface area contributed by atoms with E-state index in [0.29, 0.717) is 17.2 Å². The molecule has 1 saturated heterocycles. The molecule has 1 amide bonds. The topological polar surface area (TPSA) is 83.5 Å². The number of hydrogen-bond acceptors (Lipinski definition) is 7. The fraction of sp³-hybridized carbons (Fsp3) is 0.462. The van der Waals surface area contributed by atoms with Crippen molar-refractivity contribution in [2.75, 3.05) is 27.1 Å². The van der Waals surface area contributed by atoms with Gasteiger partial charge in [0.25, 0.3) is 0 Å². The van der Waals surface area contributed by atoms with Crippen molar-refractivity contribution in [3.05, 3.63) is 53.6 Å². The Morgan fingerprint density at radius 2 is 1.71 bits per heavy atom. The van der Waals surface area contributed by atoms with E-state index >= 15 is 0 Å². The number of ether oxygens (including phenoxy) is 5. The fourth-order valence-corrected chi connectivity index (χ4v) is 4.54. The lowest BCUT2D eigenvalue weighted by atomic mass is 9.82. The Kier molecular flexibility index (Phi) is 6.59. The Hall–Kier alpha value is -3.42. The highest BCUT2D eigenvalue weighted by Crippen LogP contribution is 2.48. The minimum Gasteiger partial charge on any atom is -0.497 e. The normalized spacial score (nSPS) is 21.3. The Morgan fingerprint density at radius 3 is 2.35 bits per heavy atom. The van der Waals surface area contributed by atoms with E-state index in [1.165, 1.54) is 0 Å². The van der Waals surface area contributed by atoms with Crippen molar-refractivity contribution >= 4 is 12.1 Å². The van der Waals surface area contributed by atoms with Gasteiger partial charge in [-0.3, -0.25) is 9.69 Å². The molecule has 0 aromatic heterocycles. The zero-order valence-electron chi connectivity index (χ0n) is 20.2. The summed E-state index contributed by atoms with van der Waals surface area (Å²) in [7, 11) is 1.59. The van der Waals surface area contributed by atoms with E-state index in [-0.39, 0.29) is 31.8 Å². The molecule has 2 aromatic rings. The van der Waals surface area contributed by atoms with Crippen LogP contribution < -0.4 is 14.2 Å². The lowest BCUT2D eigenvalue weighted by molar-refractivity contribution is -0.149. The number of hydrogen-bond donors (Lipinski definition) is 0. The maximum Gasteiger partial charge on any atom is 0.410 e. The molecule has 0 N–H and O–H groups in total. The third-order valence-corrected chi connectivity index (χ3v) is 5.97. The molecule has 0 radical (unpaired) electrons. The Bertz CT molecular complexity index is 1040. The first kappa shape index (κ1) is 23.7. The second-order valence-corrected chi connectivity index (χ2v) is 9.35. The Morgan fingerprint density at radius 1 is 1.03 bits per heavy atom. The van der Waals surface area contributed by atoms with Crippen molar-refractivity contribution in [1.82, 2.24) is 4.90 Å². The smallest absolute Gasteiger partial charge is 0.410 e. The van der Waals surface area contributed by atoms with Crippen molar-refractivity contribution in [1.29, 1.82) is 0 Å². The summed E-state index contributed by atoms with van der Waals surface area (Å²) in [5, 5.41) is 0. The fourth-order valence-electron chi connectivity index (χ4n) is 4.54. The van der Waals surface area contributed by atoms with Gasteiger partial charge in [-0.2, -0.15) is 0 Å². The molecule has 0 saturated carbocycles. The van der Waals surface area contributed by atoms with Crippen LogP contribution >= 0.6 is 0 Å². The van der Waals surface area contributed by atoms with Crippen LogP contribution in [0.4, 0.5) is 4.79 Å². The first-order valence-electron chi connectivity index (χ1n) is 11.4. The van der Waals surface area contributed by atoms with Crippen LogP contribution in [0.25, 0.3) is 0 Å². The number of carbonyl (C=O) groups is 2. The summed E-state index contributed by atoms with van der Waals surface area (Å²) < 4.78 is 27.5. The quantitative estimate of drug-likeness (QED) is 0.588. The number of benzene rings is 2. The summed E-state index contributed by atoms with van der Waals surface area (Å²) in [6, 6.07) is 12.4. The number of likely N-dealkylation sites (tertiary alicyclic amines) is 1. The minimum atomic E-state index is -0.683. The van der Waals surface area contributed by atoms with Gasteiger partial charge in [0, 0.05) is 12.5 Å². The molecule has 0 unspecified atom stereocenters. The number of esters is 1. The molecule has 182 valence electrons. The highest BCUT2D eigenvalue weighted by Gasteiger charge is 2.51. The van der Waals surface area contributed by atoms with E-state index in [0.717, 1.165) is 11.1 Å². The van der Waals surface area contributed by atoms with Gasteiger partial charge >= 0.3 is 12.1 Å². The summed E-state index contributed by atoms with van der Waals surface area (Å²) in [5.74, 6) is 0.638. The zero-order valence-corrected chi connectivity index (χ0v) is 20.2. The second-order valence-electron chi connectivity index (χ2n) is 9.35. The number of carbonyl (C=O) groups excluding carboxylic acids is 2. The van der Waals surface area contributed by atoms with Crippen molar-refractivity contribution in [3.8, 4) is 17.2 Å². The Balaban J connectivity index is 1.79. The molecule has 0 spiro atoms. The van der Waals surface area contributed by atoms with Crippen LogP contribution in [0, 0.1) is 5.92 Å². The number of nitrogens with zero attached hydrogens (tertiary/aromatic N) is 1. The number of rotatable bonds is 5. The molecule has 0 bridgehead atoms. The van der Waals surface area contributed by atoms with E-state index in [1.54, 1.807) is 18.9 Å². The maximum atomic E-state index is 13.3. The van der Waals surface area contributed by atoms with Gasteiger partial charge in [0.1, 0.15) is 11.4 Å². The average molecular weight is 470 g/mol. The van der Waals surface area contributed by atoms with Gasteiger partial charge in [-0.1, -0.05) is 18.2 Å². The van der Waals surface area contributed by atoms with Crippen LogP contribution in [-0.2, 0) is 14.3 Å². The molecular weight excluding hydrogens is 438 g/mol. The third-order valence-electron chi connectivity index (χ3n) is 5.97. The van der Waals surface area contributed by atoms with Crippen molar-refractivity contribution in [2.45, 2.75) is 45.3 Å². The molecule has 2 aliphatic heterocycles. The lowest BCUT2D eigenvalue weighted by Crippen LogP contribution is -2.38. The lowest BCUT2D eigenvalue weighted by Gasteiger charge is -2.30. The second kappa shape index (κ2) is 9.44. The number of fused-ring (bicyclic) bond motifs is 1. The highest BCUT2D eigenvalue weighted by atomic mass is 16.7. The van der Waals surface area contributed by atoms with Gasteiger partial charge in [-0.05, 0) is 63.1 Å². The van der Waals surface area contributed by atoms with Gasteiger partial charge in [0.05, 0.1) is 25.7 Å².